The molecule has 116 valence electrons. The highest BCUT2D eigenvalue weighted by Gasteiger charge is 2.03. The highest BCUT2D eigenvalue weighted by Crippen LogP contribution is 2.30. The summed E-state index contributed by atoms with van der Waals surface area (Å²) >= 11 is 1.53. The third-order valence-corrected chi connectivity index (χ3v) is 3.67. The Hall–Kier alpha value is -2.79. The molecule has 0 saturated heterocycles. The van der Waals surface area contributed by atoms with E-state index in [1.165, 1.54) is 11.8 Å². The minimum atomic E-state index is -0.491. The van der Waals surface area contributed by atoms with Gasteiger partial charge in [0, 0.05) is 21.9 Å². The molecule has 2 aromatic carbocycles. The number of rotatable bonds is 6. The predicted molar refractivity (Wildman–Crippen MR) is 88.7 cm³/mol. The van der Waals surface area contributed by atoms with Gasteiger partial charge in [-0.3, -0.25) is 0 Å². The smallest absolute Gasteiger partial charge is 0.335 e. The van der Waals surface area contributed by atoms with Crippen LogP contribution in [0.5, 0.6) is 11.5 Å². The fourth-order valence-electron chi connectivity index (χ4n) is 1.60. The molecule has 0 amide bonds. The molecule has 0 radical (unpaired) electrons. The quantitative estimate of drug-likeness (QED) is 0.456. The first-order valence-electron chi connectivity index (χ1n) is 6.67. The van der Waals surface area contributed by atoms with Gasteiger partial charge in [-0.2, -0.15) is 0 Å². The molecule has 0 aliphatic rings. The van der Waals surface area contributed by atoms with Crippen molar-refractivity contribution in [2.45, 2.75) is 9.79 Å². The average molecular weight is 326 g/mol. The van der Waals surface area contributed by atoms with Crippen molar-refractivity contribution in [3.05, 3.63) is 73.8 Å². The van der Waals surface area contributed by atoms with E-state index in [-0.39, 0.29) is 0 Å². The van der Waals surface area contributed by atoms with Gasteiger partial charge in [0.05, 0.1) is 0 Å². The van der Waals surface area contributed by atoms with Gasteiger partial charge in [0.2, 0.25) is 0 Å². The van der Waals surface area contributed by atoms with Crippen LogP contribution in [-0.4, -0.2) is 11.9 Å². The molecule has 0 N–H and O–H groups in total. The Balaban J connectivity index is 1.99. The van der Waals surface area contributed by atoms with Crippen LogP contribution in [0.2, 0.25) is 0 Å². The minimum absolute atomic E-state index is 0.464. The molecule has 2 rings (SSSR count). The largest absolute Gasteiger partial charge is 0.423 e. The molecular weight excluding hydrogens is 312 g/mol. The van der Waals surface area contributed by atoms with Gasteiger partial charge in [-0.05, 0) is 48.5 Å². The monoisotopic (exact) mass is 326 g/mol. The van der Waals surface area contributed by atoms with E-state index in [0.29, 0.717) is 11.5 Å². The van der Waals surface area contributed by atoms with Crippen molar-refractivity contribution in [2.24, 2.45) is 0 Å². The lowest BCUT2D eigenvalue weighted by atomic mass is 10.3. The molecule has 0 aliphatic heterocycles. The molecule has 0 aliphatic carbocycles. The van der Waals surface area contributed by atoms with Gasteiger partial charge >= 0.3 is 11.9 Å². The van der Waals surface area contributed by atoms with E-state index in [9.17, 15) is 9.59 Å². The lowest BCUT2D eigenvalue weighted by Gasteiger charge is -2.05. The van der Waals surface area contributed by atoms with Gasteiger partial charge in [0.15, 0.2) is 0 Å². The Morgan fingerprint density at radius 1 is 0.739 bits per heavy atom. The fraction of sp³-hybridized carbons (Fsp3) is 0. The highest BCUT2D eigenvalue weighted by atomic mass is 32.2. The molecule has 0 bridgehead atoms. The Morgan fingerprint density at radius 2 is 1.09 bits per heavy atom. The molecule has 4 nitrogen and oxygen atoms in total. The highest BCUT2D eigenvalue weighted by molar-refractivity contribution is 7.99. The predicted octanol–water partition coefficient (Wildman–Crippen LogP) is 4.02. The minimum Gasteiger partial charge on any atom is -0.423 e. The van der Waals surface area contributed by atoms with Crippen LogP contribution in [-0.2, 0) is 9.59 Å². The number of ether oxygens (including phenoxy) is 2. The first-order chi connectivity index (χ1) is 11.1. The van der Waals surface area contributed by atoms with Crippen molar-refractivity contribution < 1.29 is 19.1 Å². The third kappa shape index (κ3) is 5.16. The van der Waals surface area contributed by atoms with Crippen molar-refractivity contribution >= 4 is 23.7 Å². The Kier molecular flexibility index (Phi) is 5.77. The molecule has 0 unspecified atom stereocenters. The second-order valence-corrected chi connectivity index (χ2v) is 5.44. The molecule has 0 aromatic heterocycles. The molecular formula is C18H14O4S. The summed E-state index contributed by atoms with van der Waals surface area (Å²) in [5.74, 6) is -0.0537. The maximum atomic E-state index is 11.1. The van der Waals surface area contributed by atoms with E-state index in [4.69, 9.17) is 9.47 Å². The topological polar surface area (TPSA) is 52.6 Å². The number of carbonyl (C=O) groups excluding carboxylic acids is 2. The van der Waals surface area contributed by atoms with Crippen molar-refractivity contribution in [1.82, 2.24) is 0 Å². The van der Waals surface area contributed by atoms with Crippen LogP contribution in [0, 0.1) is 0 Å². The van der Waals surface area contributed by atoms with Crippen LogP contribution in [0.15, 0.2) is 83.6 Å². The van der Waals surface area contributed by atoms with Gasteiger partial charge in [-0.15, -0.1) is 0 Å². The van der Waals surface area contributed by atoms with E-state index >= 15 is 0 Å². The first-order valence-corrected chi connectivity index (χ1v) is 7.49. The van der Waals surface area contributed by atoms with Gasteiger partial charge in [0.1, 0.15) is 11.5 Å². The lowest BCUT2D eigenvalue weighted by molar-refractivity contribution is -0.129. The van der Waals surface area contributed by atoms with Gasteiger partial charge in [0.25, 0.3) is 0 Å². The van der Waals surface area contributed by atoms with Crippen LogP contribution in [0.3, 0.4) is 0 Å². The Morgan fingerprint density at radius 3 is 1.39 bits per heavy atom. The number of carbonyl (C=O) groups is 2. The van der Waals surface area contributed by atoms with Crippen LogP contribution < -0.4 is 9.47 Å². The number of hydrogen-bond donors (Lipinski definition) is 0. The van der Waals surface area contributed by atoms with E-state index in [0.717, 1.165) is 21.9 Å². The number of hydrogen-bond acceptors (Lipinski definition) is 5. The summed E-state index contributed by atoms with van der Waals surface area (Å²) in [6.07, 6.45) is 2.23. The maximum Gasteiger partial charge on any atom is 0.335 e. The van der Waals surface area contributed by atoms with E-state index < -0.39 is 11.9 Å². The zero-order chi connectivity index (χ0) is 16.7. The molecule has 0 heterocycles. The summed E-state index contributed by atoms with van der Waals surface area (Å²) in [4.78, 5) is 24.2. The summed E-state index contributed by atoms with van der Waals surface area (Å²) in [6.45, 7) is 6.69. The second kappa shape index (κ2) is 8.00. The van der Waals surface area contributed by atoms with Crippen molar-refractivity contribution in [1.29, 1.82) is 0 Å². The van der Waals surface area contributed by atoms with E-state index in [2.05, 4.69) is 13.2 Å². The lowest BCUT2D eigenvalue weighted by Crippen LogP contribution is -2.02. The summed E-state index contributed by atoms with van der Waals surface area (Å²) in [7, 11) is 0. The first kappa shape index (κ1) is 16.6. The fourth-order valence-corrected chi connectivity index (χ4v) is 2.42. The SMILES string of the molecule is C=CC(=O)Oc1ccc(Sc2ccc(OC(=O)C=C)cc2)cc1. The Bertz CT molecular complexity index is 654. The molecule has 23 heavy (non-hydrogen) atoms. The number of benzene rings is 2. The van der Waals surface area contributed by atoms with Crippen molar-refractivity contribution in [3.8, 4) is 11.5 Å². The second-order valence-electron chi connectivity index (χ2n) is 4.30. The summed E-state index contributed by atoms with van der Waals surface area (Å²) in [5, 5.41) is 0. The zero-order valence-corrected chi connectivity index (χ0v) is 13.0. The zero-order valence-electron chi connectivity index (χ0n) is 12.2. The molecule has 0 fully saturated rings. The molecule has 5 heteroatoms. The standard InChI is InChI=1S/C18H14O4S/c1-3-17(19)21-13-5-9-15(10-6-13)23-16-11-7-14(8-12-16)22-18(20)4-2/h3-12H,1-2H2. The summed E-state index contributed by atoms with van der Waals surface area (Å²) < 4.78 is 10.0. The van der Waals surface area contributed by atoms with Gasteiger partial charge < -0.3 is 9.47 Å². The normalized spacial score (nSPS) is 9.74. The van der Waals surface area contributed by atoms with Crippen LogP contribution in [0.4, 0.5) is 0 Å². The molecule has 2 aromatic rings. The Labute approximate surface area is 138 Å². The average Bonchev–Trinajstić information content (AvgIpc) is 2.58. The van der Waals surface area contributed by atoms with Crippen molar-refractivity contribution in [2.75, 3.05) is 0 Å². The number of esters is 2. The third-order valence-electron chi connectivity index (χ3n) is 2.65. The van der Waals surface area contributed by atoms with Crippen LogP contribution in [0.1, 0.15) is 0 Å². The molecule has 0 atom stereocenters. The summed E-state index contributed by atoms with van der Waals surface area (Å²) in [5.41, 5.74) is 0. The van der Waals surface area contributed by atoms with E-state index in [1.807, 2.05) is 24.3 Å². The summed E-state index contributed by atoms with van der Waals surface area (Å²) in [6, 6.07) is 14.2. The van der Waals surface area contributed by atoms with Crippen LogP contribution >= 0.6 is 11.8 Å². The maximum absolute atomic E-state index is 11.1. The van der Waals surface area contributed by atoms with Crippen LogP contribution in [0.25, 0.3) is 0 Å². The molecule has 0 saturated carbocycles. The van der Waals surface area contributed by atoms with Gasteiger partial charge in [-0.1, -0.05) is 24.9 Å². The van der Waals surface area contributed by atoms with Gasteiger partial charge in [-0.25, -0.2) is 9.59 Å². The molecule has 0 spiro atoms. The van der Waals surface area contributed by atoms with Crippen molar-refractivity contribution in [3.63, 3.8) is 0 Å². The van der Waals surface area contributed by atoms with E-state index in [1.54, 1.807) is 24.3 Å².